The summed E-state index contributed by atoms with van der Waals surface area (Å²) in [6.07, 6.45) is 1.69. The van der Waals surface area contributed by atoms with Crippen molar-refractivity contribution in [3.8, 4) is 11.4 Å². The highest BCUT2D eigenvalue weighted by Crippen LogP contribution is 2.32. The number of aromatic nitrogens is 4. The average molecular weight is 450 g/mol. The summed E-state index contributed by atoms with van der Waals surface area (Å²) in [5.74, 6) is 1.11. The number of fused-ring (bicyclic) bond motifs is 3. The van der Waals surface area contributed by atoms with Crippen molar-refractivity contribution in [2.75, 3.05) is 24.6 Å². The van der Waals surface area contributed by atoms with Crippen molar-refractivity contribution in [1.82, 2.24) is 19.6 Å². The molecule has 5 rings (SSSR count). The predicted molar refractivity (Wildman–Crippen MR) is 125 cm³/mol. The molecular formula is C24H24ClN5O2. The van der Waals surface area contributed by atoms with Crippen LogP contribution >= 0.6 is 11.6 Å². The first-order valence-electron chi connectivity index (χ1n) is 10.9. The number of aryl methyl sites for hydroxylation is 1. The number of nitrogens with zero attached hydrogens (tertiary/aromatic N) is 5. The van der Waals surface area contributed by atoms with Gasteiger partial charge in [-0.1, -0.05) is 35.9 Å². The molecule has 3 heterocycles. The Morgan fingerprint density at radius 2 is 2.06 bits per heavy atom. The molecule has 0 aliphatic carbocycles. The van der Waals surface area contributed by atoms with E-state index in [0.29, 0.717) is 24.1 Å². The molecule has 0 radical (unpaired) electrons. The van der Waals surface area contributed by atoms with Crippen molar-refractivity contribution in [1.29, 1.82) is 0 Å². The number of hydrogen-bond acceptors (Lipinski definition) is 6. The lowest BCUT2D eigenvalue weighted by molar-refractivity contribution is -0.148. The van der Waals surface area contributed by atoms with E-state index in [1.165, 1.54) is 0 Å². The molecule has 7 nitrogen and oxygen atoms in total. The zero-order valence-corrected chi connectivity index (χ0v) is 18.8. The Bertz CT molecular complexity index is 1320. The zero-order chi connectivity index (χ0) is 22.2. The highest BCUT2D eigenvalue weighted by atomic mass is 35.5. The number of rotatable bonds is 4. The molecule has 0 amide bonds. The quantitative estimate of drug-likeness (QED) is 0.421. The van der Waals surface area contributed by atoms with Crippen LogP contribution in [0, 0.1) is 12.8 Å². The Balaban J connectivity index is 1.72. The summed E-state index contributed by atoms with van der Waals surface area (Å²) in [4.78, 5) is 19.6. The Kier molecular flexibility index (Phi) is 5.43. The number of halogens is 1. The number of piperidine rings is 1. The lowest BCUT2D eigenvalue weighted by Gasteiger charge is -2.32. The lowest BCUT2D eigenvalue weighted by atomic mass is 9.98. The van der Waals surface area contributed by atoms with Crippen molar-refractivity contribution in [2.45, 2.75) is 26.7 Å². The Morgan fingerprint density at radius 3 is 2.88 bits per heavy atom. The summed E-state index contributed by atoms with van der Waals surface area (Å²) in [6, 6.07) is 13.7. The molecule has 1 fully saturated rings. The van der Waals surface area contributed by atoms with Gasteiger partial charge in [-0.3, -0.25) is 4.79 Å². The van der Waals surface area contributed by atoms with Gasteiger partial charge in [0, 0.05) is 29.1 Å². The molecule has 2 aromatic heterocycles. The number of esters is 1. The second-order valence-electron chi connectivity index (χ2n) is 8.11. The predicted octanol–water partition coefficient (Wildman–Crippen LogP) is 4.69. The van der Waals surface area contributed by atoms with E-state index in [1.54, 1.807) is 0 Å². The Hall–Kier alpha value is -3.19. The van der Waals surface area contributed by atoms with Gasteiger partial charge in [-0.2, -0.15) is 0 Å². The van der Waals surface area contributed by atoms with Gasteiger partial charge in [0.2, 0.25) is 5.95 Å². The lowest BCUT2D eigenvalue weighted by Crippen LogP contribution is -2.40. The standard InChI is InChI=1S/C24H24ClN5O2/c1-3-32-23(31)16-8-6-12-29(14-16)24-26-20-13-17(25)10-11-19(20)22-28-27-21(30(22)24)18-9-5-4-7-15(18)2/h4-5,7,9-11,13,16H,3,6,8,12,14H2,1-2H3/t16-/m1/s1. The average Bonchev–Trinajstić information content (AvgIpc) is 3.24. The number of ether oxygens (including phenoxy) is 1. The maximum Gasteiger partial charge on any atom is 0.310 e. The maximum absolute atomic E-state index is 12.5. The van der Waals surface area contributed by atoms with Crippen molar-refractivity contribution >= 4 is 40.1 Å². The fourth-order valence-electron chi connectivity index (χ4n) is 4.41. The normalized spacial score (nSPS) is 16.6. The first-order chi connectivity index (χ1) is 15.6. The molecule has 0 unspecified atom stereocenters. The zero-order valence-electron chi connectivity index (χ0n) is 18.1. The molecule has 1 aliphatic rings. The van der Waals surface area contributed by atoms with Crippen molar-refractivity contribution in [3.63, 3.8) is 0 Å². The van der Waals surface area contributed by atoms with Gasteiger partial charge >= 0.3 is 5.97 Å². The third-order valence-corrected chi connectivity index (χ3v) is 6.23. The summed E-state index contributed by atoms with van der Waals surface area (Å²) in [6.45, 7) is 5.60. The summed E-state index contributed by atoms with van der Waals surface area (Å²) in [5.41, 5.74) is 3.57. The highest BCUT2D eigenvalue weighted by molar-refractivity contribution is 6.31. The van der Waals surface area contributed by atoms with Crippen LogP contribution in [-0.2, 0) is 9.53 Å². The number of anilines is 1. The van der Waals surface area contributed by atoms with Crippen molar-refractivity contribution < 1.29 is 9.53 Å². The fraction of sp³-hybridized carbons (Fsp3) is 0.333. The van der Waals surface area contributed by atoms with E-state index in [4.69, 9.17) is 21.3 Å². The molecule has 0 saturated carbocycles. The van der Waals surface area contributed by atoms with Crippen LogP contribution in [0.1, 0.15) is 25.3 Å². The topological polar surface area (TPSA) is 72.6 Å². The molecule has 2 aromatic carbocycles. The van der Waals surface area contributed by atoms with E-state index < -0.39 is 0 Å². The molecule has 0 N–H and O–H groups in total. The van der Waals surface area contributed by atoms with Crippen LogP contribution in [0.2, 0.25) is 5.02 Å². The van der Waals surface area contributed by atoms with E-state index in [9.17, 15) is 4.79 Å². The third-order valence-electron chi connectivity index (χ3n) is 5.99. The van der Waals surface area contributed by atoms with Gasteiger partial charge in [0.25, 0.3) is 0 Å². The largest absolute Gasteiger partial charge is 0.466 e. The first kappa shape index (κ1) is 20.7. The van der Waals surface area contributed by atoms with Gasteiger partial charge in [-0.25, -0.2) is 9.38 Å². The molecule has 1 aliphatic heterocycles. The Labute approximate surface area is 191 Å². The van der Waals surface area contributed by atoms with Crippen LogP contribution in [0.15, 0.2) is 42.5 Å². The minimum Gasteiger partial charge on any atom is -0.466 e. The van der Waals surface area contributed by atoms with Crippen LogP contribution in [0.4, 0.5) is 5.95 Å². The summed E-state index contributed by atoms with van der Waals surface area (Å²) in [5, 5.41) is 10.6. The van der Waals surface area contributed by atoms with E-state index in [1.807, 2.05) is 47.7 Å². The van der Waals surface area contributed by atoms with E-state index in [0.717, 1.165) is 52.9 Å². The number of carbonyl (C=O) groups excluding carboxylic acids is 1. The van der Waals surface area contributed by atoms with Crippen LogP contribution in [-0.4, -0.2) is 45.2 Å². The minimum atomic E-state index is -0.186. The second-order valence-corrected chi connectivity index (χ2v) is 8.54. The van der Waals surface area contributed by atoms with Gasteiger partial charge < -0.3 is 9.64 Å². The fourth-order valence-corrected chi connectivity index (χ4v) is 4.58. The third kappa shape index (κ3) is 3.56. The van der Waals surface area contributed by atoms with Gasteiger partial charge in [-0.05, 0) is 50.5 Å². The molecule has 1 atom stereocenters. The Morgan fingerprint density at radius 1 is 1.22 bits per heavy atom. The van der Waals surface area contributed by atoms with Crippen LogP contribution in [0.3, 0.4) is 0 Å². The summed E-state index contributed by atoms with van der Waals surface area (Å²) >= 11 is 6.27. The highest BCUT2D eigenvalue weighted by Gasteiger charge is 2.30. The van der Waals surface area contributed by atoms with Gasteiger partial charge in [-0.15, -0.1) is 10.2 Å². The molecule has 32 heavy (non-hydrogen) atoms. The molecule has 4 aromatic rings. The first-order valence-corrected chi connectivity index (χ1v) is 11.3. The van der Waals surface area contributed by atoms with E-state index >= 15 is 0 Å². The monoisotopic (exact) mass is 449 g/mol. The van der Waals surface area contributed by atoms with Crippen LogP contribution < -0.4 is 4.90 Å². The summed E-state index contributed by atoms with van der Waals surface area (Å²) in [7, 11) is 0. The van der Waals surface area contributed by atoms with E-state index in [2.05, 4.69) is 28.1 Å². The smallest absolute Gasteiger partial charge is 0.310 e. The van der Waals surface area contributed by atoms with Gasteiger partial charge in [0.05, 0.1) is 18.0 Å². The van der Waals surface area contributed by atoms with Crippen molar-refractivity contribution in [3.05, 3.63) is 53.1 Å². The number of hydrogen-bond donors (Lipinski definition) is 0. The van der Waals surface area contributed by atoms with Crippen LogP contribution in [0.5, 0.6) is 0 Å². The maximum atomic E-state index is 12.5. The SMILES string of the molecule is CCOC(=O)[C@@H]1CCCN(c2nc3cc(Cl)ccc3c3nnc(-c4ccccc4C)n23)C1. The minimum absolute atomic E-state index is 0.153. The number of benzene rings is 2. The summed E-state index contributed by atoms with van der Waals surface area (Å²) < 4.78 is 7.30. The van der Waals surface area contributed by atoms with Gasteiger partial charge in [0.1, 0.15) is 0 Å². The molecule has 164 valence electrons. The van der Waals surface area contributed by atoms with Crippen molar-refractivity contribution in [2.24, 2.45) is 5.92 Å². The van der Waals surface area contributed by atoms with Gasteiger partial charge in [0.15, 0.2) is 11.5 Å². The number of carbonyl (C=O) groups is 1. The molecule has 0 spiro atoms. The molecular weight excluding hydrogens is 426 g/mol. The molecule has 8 heteroatoms. The molecule has 0 bridgehead atoms. The van der Waals surface area contributed by atoms with E-state index in [-0.39, 0.29) is 11.9 Å². The molecule has 1 saturated heterocycles. The second kappa shape index (κ2) is 8.39. The van der Waals surface area contributed by atoms with Crippen LogP contribution in [0.25, 0.3) is 27.9 Å².